The average molecular weight is 276 g/mol. The Balaban J connectivity index is 2.71. The number of carbonyl (C=O) groups is 3. The van der Waals surface area contributed by atoms with Gasteiger partial charge in [-0.25, -0.2) is 9.86 Å². The lowest BCUT2D eigenvalue weighted by atomic mass is 10.1. The molecular weight excluding hydrogens is 264 g/mol. The second-order valence-corrected chi connectivity index (χ2v) is 3.83. The van der Waals surface area contributed by atoms with Gasteiger partial charge in [0.25, 0.3) is 5.91 Å². The van der Waals surface area contributed by atoms with E-state index in [-0.39, 0.29) is 6.54 Å². The molecule has 1 aromatic carbocycles. The molecule has 0 aliphatic heterocycles. The first-order valence-corrected chi connectivity index (χ1v) is 5.57. The highest BCUT2D eigenvalue weighted by molar-refractivity contribution is 6.36. The Morgan fingerprint density at radius 2 is 1.90 bits per heavy atom. The molecule has 0 spiro atoms. The fourth-order valence-corrected chi connectivity index (χ4v) is 1.41. The molecule has 0 heterocycles. The molecule has 1 amide bonds. The summed E-state index contributed by atoms with van der Waals surface area (Å²) < 4.78 is 0. The Hall–Kier alpha value is -2.72. The van der Waals surface area contributed by atoms with Crippen molar-refractivity contribution < 1.29 is 24.3 Å². The van der Waals surface area contributed by atoms with Crippen molar-refractivity contribution in [3.05, 3.63) is 35.4 Å². The Morgan fingerprint density at radius 3 is 2.35 bits per heavy atom. The summed E-state index contributed by atoms with van der Waals surface area (Å²) in [5, 5.41) is 18.0. The molecule has 0 saturated carbocycles. The van der Waals surface area contributed by atoms with Crippen molar-refractivity contribution in [1.82, 2.24) is 5.06 Å². The van der Waals surface area contributed by atoms with Gasteiger partial charge in [-0.05, 0) is 17.7 Å². The molecule has 1 rings (SSSR count). The normalized spacial score (nSPS) is 9.60. The highest BCUT2D eigenvalue weighted by Gasteiger charge is 2.21. The smallest absolute Gasteiger partial charge is 0.372 e. The van der Waals surface area contributed by atoms with Crippen molar-refractivity contribution >= 4 is 17.7 Å². The largest absolute Gasteiger partial charge is 0.475 e. The minimum atomic E-state index is -1.66. The first-order chi connectivity index (χ1) is 9.47. The maximum absolute atomic E-state index is 11.7. The molecule has 7 heteroatoms. The van der Waals surface area contributed by atoms with Gasteiger partial charge in [0.05, 0.1) is 31.7 Å². The lowest BCUT2D eigenvalue weighted by Gasteiger charge is -2.19. The number of hydrogen-bond acceptors (Lipinski definition) is 5. The van der Waals surface area contributed by atoms with E-state index < -0.39 is 24.1 Å². The Bertz CT molecular complexity index is 559. The SMILES string of the molecule is CON(Cc1ccc(C#N)cc1)C(=O)CC(=O)C(=O)O. The van der Waals surface area contributed by atoms with Gasteiger partial charge in [-0.2, -0.15) is 5.26 Å². The van der Waals surface area contributed by atoms with Gasteiger partial charge in [-0.3, -0.25) is 14.4 Å². The van der Waals surface area contributed by atoms with Gasteiger partial charge in [-0.1, -0.05) is 12.1 Å². The third-order valence-corrected chi connectivity index (χ3v) is 2.46. The van der Waals surface area contributed by atoms with Crippen LogP contribution in [0.4, 0.5) is 0 Å². The molecular formula is C13H12N2O5. The van der Waals surface area contributed by atoms with E-state index in [0.717, 1.165) is 5.06 Å². The van der Waals surface area contributed by atoms with Gasteiger partial charge in [0.2, 0.25) is 5.78 Å². The molecule has 20 heavy (non-hydrogen) atoms. The van der Waals surface area contributed by atoms with Crippen molar-refractivity contribution in [3.8, 4) is 6.07 Å². The molecule has 0 fully saturated rings. The summed E-state index contributed by atoms with van der Waals surface area (Å²) in [6, 6.07) is 8.39. The molecule has 104 valence electrons. The van der Waals surface area contributed by atoms with Crippen molar-refractivity contribution in [2.75, 3.05) is 7.11 Å². The monoisotopic (exact) mass is 276 g/mol. The second-order valence-electron chi connectivity index (χ2n) is 3.83. The number of rotatable bonds is 6. The molecule has 0 aromatic heterocycles. The van der Waals surface area contributed by atoms with Crippen LogP contribution in [0.15, 0.2) is 24.3 Å². The second kappa shape index (κ2) is 7.01. The van der Waals surface area contributed by atoms with Crippen molar-refractivity contribution in [2.24, 2.45) is 0 Å². The molecule has 0 radical (unpaired) electrons. The van der Waals surface area contributed by atoms with Crippen LogP contribution in [-0.2, 0) is 25.8 Å². The summed E-state index contributed by atoms with van der Waals surface area (Å²) in [5.74, 6) is -3.60. The Labute approximate surface area is 114 Å². The lowest BCUT2D eigenvalue weighted by Crippen LogP contribution is -2.32. The van der Waals surface area contributed by atoms with Crippen LogP contribution < -0.4 is 0 Å². The number of hydroxylamine groups is 2. The van der Waals surface area contributed by atoms with Crippen LogP contribution in [0.3, 0.4) is 0 Å². The summed E-state index contributed by atoms with van der Waals surface area (Å²) in [5.41, 5.74) is 1.16. The summed E-state index contributed by atoms with van der Waals surface area (Å²) in [6.45, 7) is 0.0495. The first kappa shape index (κ1) is 15.3. The highest BCUT2D eigenvalue weighted by atomic mass is 16.7. The van der Waals surface area contributed by atoms with Crippen LogP contribution >= 0.6 is 0 Å². The fourth-order valence-electron chi connectivity index (χ4n) is 1.41. The summed E-state index contributed by atoms with van der Waals surface area (Å²) in [4.78, 5) is 37.9. The number of amides is 1. The zero-order valence-corrected chi connectivity index (χ0v) is 10.7. The quantitative estimate of drug-likeness (QED) is 0.460. The topological polar surface area (TPSA) is 108 Å². The van der Waals surface area contributed by atoms with Gasteiger partial charge in [0.1, 0.15) is 0 Å². The number of benzene rings is 1. The number of hydrogen-bond donors (Lipinski definition) is 1. The number of Topliss-reactive ketones (excluding diaryl/α,β-unsaturated/α-hetero) is 1. The van der Waals surface area contributed by atoms with Crippen LogP contribution in [-0.4, -0.2) is 34.9 Å². The minimum Gasteiger partial charge on any atom is -0.475 e. The van der Waals surface area contributed by atoms with Gasteiger partial charge in [0.15, 0.2) is 0 Å². The molecule has 0 bridgehead atoms. The molecule has 7 nitrogen and oxygen atoms in total. The zero-order chi connectivity index (χ0) is 15.1. The third-order valence-electron chi connectivity index (χ3n) is 2.46. The number of ketones is 1. The first-order valence-electron chi connectivity index (χ1n) is 5.57. The highest BCUT2D eigenvalue weighted by Crippen LogP contribution is 2.08. The number of aliphatic carboxylic acids is 1. The van der Waals surface area contributed by atoms with Crippen LogP contribution in [0.25, 0.3) is 0 Å². The third kappa shape index (κ3) is 4.19. The number of carboxylic acids is 1. The van der Waals surface area contributed by atoms with Gasteiger partial charge in [0, 0.05) is 0 Å². The molecule has 0 aliphatic carbocycles. The maximum atomic E-state index is 11.7. The Kier molecular flexibility index (Phi) is 5.38. The maximum Gasteiger partial charge on any atom is 0.372 e. The molecule has 1 N–H and O–H groups in total. The molecule has 0 saturated heterocycles. The van der Waals surface area contributed by atoms with E-state index in [4.69, 9.17) is 15.2 Å². The molecule has 1 aromatic rings. The van der Waals surface area contributed by atoms with Crippen LogP contribution in [0.1, 0.15) is 17.5 Å². The van der Waals surface area contributed by atoms with Crippen LogP contribution in [0.5, 0.6) is 0 Å². The van der Waals surface area contributed by atoms with E-state index in [1.165, 1.54) is 7.11 Å². The predicted octanol–water partition coefficient (Wildman–Crippen LogP) is 0.492. The summed E-state index contributed by atoms with van der Waals surface area (Å²) >= 11 is 0. The predicted molar refractivity (Wildman–Crippen MR) is 66.0 cm³/mol. The van der Waals surface area contributed by atoms with Crippen LogP contribution in [0.2, 0.25) is 0 Å². The van der Waals surface area contributed by atoms with Gasteiger partial charge < -0.3 is 5.11 Å². The van der Waals surface area contributed by atoms with E-state index in [1.54, 1.807) is 24.3 Å². The average Bonchev–Trinajstić information content (AvgIpc) is 2.44. The zero-order valence-electron chi connectivity index (χ0n) is 10.7. The molecule has 0 aliphatic rings. The fraction of sp³-hybridized carbons (Fsp3) is 0.231. The van der Waals surface area contributed by atoms with E-state index in [1.807, 2.05) is 6.07 Å². The number of nitrogens with zero attached hydrogens (tertiary/aromatic N) is 2. The number of nitriles is 1. The number of carbonyl (C=O) groups excluding carboxylic acids is 2. The lowest BCUT2D eigenvalue weighted by molar-refractivity contribution is -0.180. The molecule has 0 atom stereocenters. The van der Waals surface area contributed by atoms with Gasteiger partial charge in [-0.15, -0.1) is 0 Å². The Morgan fingerprint density at radius 1 is 1.30 bits per heavy atom. The van der Waals surface area contributed by atoms with E-state index in [2.05, 4.69) is 0 Å². The van der Waals surface area contributed by atoms with Crippen molar-refractivity contribution in [1.29, 1.82) is 5.26 Å². The number of carboxylic acid groups (broad SMARTS) is 1. The van der Waals surface area contributed by atoms with Crippen LogP contribution in [0, 0.1) is 11.3 Å². The summed E-state index contributed by atoms with van der Waals surface area (Å²) in [6.07, 6.45) is -0.764. The van der Waals surface area contributed by atoms with E-state index >= 15 is 0 Å². The van der Waals surface area contributed by atoms with E-state index in [9.17, 15) is 14.4 Å². The van der Waals surface area contributed by atoms with Crippen molar-refractivity contribution in [2.45, 2.75) is 13.0 Å². The minimum absolute atomic E-state index is 0.0495. The van der Waals surface area contributed by atoms with Crippen molar-refractivity contribution in [3.63, 3.8) is 0 Å². The van der Waals surface area contributed by atoms with E-state index in [0.29, 0.717) is 11.1 Å². The molecule has 0 unspecified atom stereocenters. The standard InChI is InChI=1S/C13H12N2O5/c1-20-15(12(17)6-11(16)13(18)19)8-10-4-2-9(7-14)3-5-10/h2-5H,6,8H2,1H3,(H,18,19). The van der Waals surface area contributed by atoms with Gasteiger partial charge >= 0.3 is 5.97 Å². The summed E-state index contributed by atoms with van der Waals surface area (Å²) in [7, 11) is 1.24.